The molecule has 0 aromatic carbocycles. The second-order valence-corrected chi connectivity index (χ2v) is 8.85. The molecule has 0 aromatic rings. The van der Waals surface area contributed by atoms with Crippen LogP contribution in [0.1, 0.15) is 75.2 Å². The molecule has 17 heavy (non-hydrogen) atoms. The van der Waals surface area contributed by atoms with Gasteiger partial charge in [-0.1, -0.05) is 73.5 Å². The molecule has 100 valence electrons. The van der Waals surface area contributed by atoms with Gasteiger partial charge in [-0.25, -0.2) is 0 Å². The summed E-state index contributed by atoms with van der Waals surface area (Å²) in [6.45, 7) is 21.5. The lowest BCUT2D eigenvalue weighted by Gasteiger charge is -2.38. The molecule has 0 radical (unpaired) electrons. The van der Waals surface area contributed by atoms with Crippen LogP contribution in [0.15, 0.2) is 11.1 Å². The number of allylic oxidation sites excluding steroid dienone is 2. The van der Waals surface area contributed by atoms with E-state index in [1.165, 1.54) is 12.8 Å². The SMILES string of the molecule is CC(C)(C)C1=C(C(C)(C)C)C(C(C)(C)C)CC1. The molecular weight excluding hydrogens is 204 g/mol. The second kappa shape index (κ2) is 4.14. The molecule has 1 unspecified atom stereocenters. The summed E-state index contributed by atoms with van der Waals surface area (Å²) in [5.41, 5.74) is 4.53. The normalized spacial score (nSPS) is 23.5. The van der Waals surface area contributed by atoms with Gasteiger partial charge in [-0.2, -0.15) is 0 Å². The van der Waals surface area contributed by atoms with Crippen molar-refractivity contribution in [1.29, 1.82) is 0 Å². The largest absolute Gasteiger partial charge is 0.0648 e. The van der Waals surface area contributed by atoms with Crippen LogP contribution in [-0.4, -0.2) is 0 Å². The minimum absolute atomic E-state index is 0.317. The fourth-order valence-electron chi connectivity index (χ4n) is 3.40. The quantitative estimate of drug-likeness (QED) is 0.464. The summed E-state index contributed by atoms with van der Waals surface area (Å²) in [6.07, 6.45) is 2.65. The molecule has 0 saturated heterocycles. The van der Waals surface area contributed by atoms with Gasteiger partial charge in [-0.05, 0) is 35.0 Å². The lowest BCUT2D eigenvalue weighted by Crippen LogP contribution is -2.27. The first-order valence-corrected chi connectivity index (χ1v) is 7.09. The Balaban J connectivity index is 3.31. The lowest BCUT2D eigenvalue weighted by molar-refractivity contribution is 0.244. The highest BCUT2D eigenvalue weighted by Crippen LogP contribution is 2.53. The van der Waals surface area contributed by atoms with Crippen molar-refractivity contribution in [2.75, 3.05) is 0 Å². The van der Waals surface area contributed by atoms with Gasteiger partial charge < -0.3 is 0 Å². The van der Waals surface area contributed by atoms with E-state index in [1.807, 2.05) is 0 Å². The second-order valence-electron chi connectivity index (χ2n) is 8.85. The average Bonchev–Trinajstić information content (AvgIpc) is 2.42. The van der Waals surface area contributed by atoms with E-state index in [0.717, 1.165) is 5.92 Å². The zero-order valence-corrected chi connectivity index (χ0v) is 13.5. The molecule has 0 fully saturated rings. The van der Waals surface area contributed by atoms with E-state index in [-0.39, 0.29) is 0 Å². The van der Waals surface area contributed by atoms with E-state index in [2.05, 4.69) is 62.3 Å². The first-order chi connectivity index (χ1) is 7.35. The van der Waals surface area contributed by atoms with Gasteiger partial charge in [0.1, 0.15) is 0 Å². The van der Waals surface area contributed by atoms with Crippen LogP contribution >= 0.6 is 0 Å². The van der Waals surface area contributed by atoms with Crippen molar-refractivity contribution >= 4 is 0 Å². The predicted molar refractivity (Wildman–Crippen MR) is 78.1 cm³/mol. The van der Waals surface area contributed by atoms with Crippen molar-refractivity contribution in [3.8, 4) is 0 Å². The zero-order valence-electron chi connectivity index (χ0n) is 13.5. The summed E-state index contributed by atoms with van der Waals surface area (Å²) in [6, 6.07) is 0. The molecule has 0 bridgehead atoms. The smallest absolute Gasteiger partial charge is 0.0143 e. The van der Waals surface area contributed by atoms with Gasteiger partial charge in [0.05, 0.1) is 0 Å². The molecule has 0 aliphatic heterocycles. The Hall–Kier alpha value is -0.260. The molecule has 0 aromatic heterocycles. The van der Waals surface area contributed by atoms with E-state index in [1.54, 1.807) is 11.1 Å². The zero-order chi connectivity index (χ0) is 13.6. The summed E-state index contributed by atoms with van der Waals surface area (Å²) in [7, 11) is 0. The van der Waals surface area contributed by atoms with Gasteiger partial charge in [0.25, 0.3) is 0 Å². The first-order valence-electron chi connectivity index (χ1n) is 7.09. The van der Waals surface area contributed by atoms with Crippen LogP contribution < -0.4 is 0 Å². The van der Waals surface area contributed by atoms with Gasteiger partial charge in [-0.3, -0.25) is 0 Å². The third-order valence-electron chi connectivity index (χ3n) is 4.12. The molecule has 0 saturated carbocycles. The Labute approximate surface area is 109 Å². The van der Waals surface area contributed by atoms with Gasteiger partial charge in [-0.15, -0.1) is 0 Å². The molecule has 0 heterocycles. The van der Waals surface area contributed by atoms with Crippen molar-refractivity contribution in [2.45, 2.75) is 75.2 Å². The fraction of sp³-hybridized carbons (Fsp3) is 0.882. The summed E-state index contributed by atoms with van der Waals surface area (Å²) in [4.78, 5) is 0. The molecule has 1 aliphatic carbocycles. The van der Waals surface area contributed by atoms with E-state index < -0.39 is 0 Å². The van der Waals surface area contributed by atoms with Gasteiger partial charge in [0.2, 0.25) is 0 Å². The van der Waals surface area contributed by atoms with Crippen LogP contribution in [0, 0.1) is 22.2 Å². The maximum absolute atomic E-state index is 2.40. The molecular formula is C17H32. The van der Waals surface area contributed by atoms with Crippen molar-refractivity contribution < 1.29 is 0 Å². The van der Waals surface area contributed by atoms with Crippen LogP contribution in [0.5, 0.6) is 0 Å². The predicted octanol–water partition coefficient (Wildman–Crippen LogP) is 5.83. The maximum atomic E-state index is 2.40. The molecule has 0 spiro atoms. The molecule has 0 amide bonds. The Morgan fingerprint density at radius 3 is 1.53 bits per heavy atom. The van der Waals surface area contributed by atoms with Crippen LogP contribution in [0.2, 0.25) is 0 Å². The summed E-state index contributed by atoms with van der Waals surface area (Å²) in [5, 5.41) is 0. The first kappa shape index (κ1) is 14.8. The van der Waals surface area contributed by atoms with E-state index in [9.17, 15) is 0 Å². The number of hydrogen-bond acceptors (Lipinski definition) is 0. The van der Waals surface area contributed by atoms with Crippen LogP contribution in [0.25, 0.3) is 0 Å². The highest BCUT2D eigenvalue weighted by Gasteiger charge is 2.41. The molecule has 0 nitrogen and oxygen atoms in total. The monoisotopic (exact) mass is 236 g/mol. The standard InChI is InChI=1S/C17H32/c1-15(2,3)12-10-11-13(16(4,5)6)14(12)17(7,8)9/h12H,10-11H2,1-9H3. The summed E-state index contributed by atoms with van der Waals surface area (Å²) < 4.78 is 0. The minimum atomic E-state index is 0.317. The van der Waals surface area contributed by atoms with Crippen LogP contribution in [-0.2, 0) is 0 Å². The van der Waals surface area contributed by atoms with E-state index >= 15 is 0 Å². The van der Waals surface area contributed by atoms with Crippen molar-refractivity contribution in [3.05, 3.63) is 11.1 Å². The molecule has 0 N–H and O–H groups in total. The Kier molecular flexibility index (Phi) is 3.60. The van der Waals surface area contributed by atoms with Crippen molar-refractivity contribution in [1.82, 2.24) is 0 Å². The molecule has 1 rings (SSSR count). The maximum Gasteiger partial charge on any atom is -0.0143 e. The van der Waals surface area contributed by atoms with E-state index in [0.29, 0.717) is 16.2 Å². The lowest BCUT2D eigenvalue weighted by atomic mass is 9.67. The van der Waals surface area contributed by atoms with Crippen LogP contribution in [0.3, 0.4) is 0 Å². The van der Waals surface area contributed by atoms with Crippen LogP contribution in [0.4, 0.5) is 0 Å². The third kappa shape index (κ3) is 3.14. The summed E-state index contributed by atoms with van der Waals surface area (Å²) >= 11 is 0. The van der Waals surface area contributed by atoms with Crippen molar-refractivity contribution in [3.63, 3.8) is 0 Å². The molecule has 1 aliphatic rings. The minimum Gasteiger partial charge on any atom is -0.0648 e. The Bertz CT molecular complexity index is 309. The number of hydrogen-bond donors (Lipinski definition) is 0. The highest BCUT2D eigenvalue weighted by atomic mass is 14.5. The van der Waals surface area contributed by atoms with Gasteiger partial charge in [0.15, 0.2) is 0 Å². The number of rotatable bonds is 0. The Morgan fingerprint density at radius 2 is 1.24 bits per heavy atom. The topological polar surface area (TPSA) is 0 Å². The molecule has 1 atom stereocenters. The van der Waals surface area contributed by atoms with Crippen molar-refractivity contribution in [2.24, 2.45) is 22.2 Å². The Morgan fingerprint density at radius 1 is 0.765 bits per heavy atom. The fourth-order valence-corrected chi connectivity index (χ4v) is 3.40. The molecule has 0 heteroatoms. The third-order valence-corrected chi connectivity index (χ3v) is 4.12. The van der Waals surface area contributed by atoms with Gasteiger partial charge >= 0.3 is 0 Å². The highest BCUT2D eigenvalue weighted by molar-refractivity contribution is 5.32. The summed E-state index contributed by atoms with van der Waals surface area (Å²) in [5.74, 6) is 0.761. The van der Waals surface area contributed by atoms with Gasteiger partial charge in [0, 0.05) is 0 Å². The average molecular weight is 236 g/mol. The van der Waals surface area contributed by atoms with E-state index in [4.69, 9.17) is 0 Å².